The second-order valence-electron chi connectivity index (χ2n) is 6.14. The molecule has 3 heteroatoms. The van der Waals surface area contributed by atoms with Crippen LogP contribution >= 0.6 is 11.3 Å². The number of fused-ring (bicyclic) bond motifs is 1. The first-order valence-corrected chi connectivity index (χ1v) is 8.22. The van der Waals surface area contributed by atoms with Crippen molar-refractivity contribution in [2.75, 3.05) is 0 Å². The molecule has 3 rings (SSSR count). The standard InChI is InChI=1S/C18H20N2S/c1-11(2)5-15-9-21-18-16(19-10-20-17(15)18)14-7-12(3)6-13(4)8-14/h6-11H,5H2,1-4H3. The minimum absolute atomic E-state index is 0.641. The molecule has 0 aliphatic carbocycles. The number of hydrogen-bond donors (Lipinski definition) is 0. The van der Waals surface area contributed by atoms with E-state index in [2.05, 4.69) is 61.2 Å². The van der Waals surface area contributed by atoms with Gasteiger partial charge in [0.25, 0.3) is 0 Å². The molecule has 1 aromatic carbocycles. The van der Waals surface area contributed by atoms with Crippen molar-refractivity contribution in [3.8, 4) is 11.3 Å². The van der Waals surface area contributed by atoms with Crippen LogP contribution in [0.5, 0.6) is 0 Å². The SMILES string of the molecule is Cc1cc(C)cc(-c2ncnc3c(CC(C)C)csc23)c1. The van der Waals surface area contributed by atoms with Crippen LogP contribution in [0, 0.1) is 19.8 Å². The van der Waals surface area contributed by atoms with Crippen LogP contribution in [0.15, 0.2) is 29.9 Å². The molecule has 0 spiro atoms. The Morgan fingerprint density at radius 3 is 2.43 bits per heavy atom. The highest BCUT2D eigenvalue weighted by Crippen LogP contribution is 2.33. The Morgan fingerprint density at radius 1 is 1.05 bits per heavy atom. The summed E-state index contributed by atoms with van der Waals surface area (Å²) in [6.07, 6.45) is 2.77. The van der Waals surface area contributed by atoms with Crippen LogP contribution < -0.4 is 0 Å². The first-order chi connectivity index (χ1) is 10.0. The smallest absolute Gasteiger partial charge is 0.116 e. The van der Waals surface area contributed by atoms with E-state index in [1.54, 1.807) is 17.7 Å². The quantitative estimate of drug-likeness (QED) is 0.666. The van der Waals surface area contributed by atoms with Gasteiger partial charge in [0.2, 0.25) is 0 Å². The van der Waals surface area contributed by atoms with E-state index in [4.69, 9.17) is 0 Å². The van der Waals surface area contributed by atoms with Crippen molar-refractivity contribution >= 4 is 21.6 Å². The van der Waals surface area contributed by atoms with Crippen LogP contribution in [0.2, 0.25) is 0 Å². The topological polar surface area (TPSA) is 25.8 Å². The third-order valence-corrected chi connectivity index (χ3v) is 4.58. The van der Waals surface area contributed by atoms with E-state index in [1.165, 1.54) is 27.0 Å². The van der Waals surface area contributed by atoms with Crippen molar-refractivity contribution < 1.29 is 0 Å². The van der Waals surface area contributed by atoms with Gasteiger partial charge in [-0.05, 0) is 49.3 Å². The normalized spacial score (nSPS) is 11.5. The van der Waals surface area contributed by atoms with E-state index in [0.717, 1.165) is 17.6 Å². The third kappa shape index (κ3) is 2.84. The van der Waals surface area contributed by atoms with Crippen molar-refractivity contribution in [3.63, 3.8) is 0 Å². The monoisotopic (exact) mass is 296 g/mol. The average molecular weight is 296 g/mol. The van der Waals surface area contributed by atoms with Crippen LogP contribution in [0.4, 0.5) is 0 Å². The first-order valence-electron chi connectivity index (χ1n) is 7.34. The maximum atomic E-state index is 4.55. The van der Waals surface area contributed by atoms with Crippen molar-refractivity contribution in [2.24, 2.45) is 5.92 Å². The molecule has 0 fully saturated rings. The maximum absolute atomic E-state index is 4.55. The largest absolute Gasteiger partial charge is 0.235 e. The van der Waals surface area contributed by atoms with Gasteiger partial charge in [-0.15, -0.1) is 11.3 Å². The first kappa shape index (κ1) is 14.2. The molecule has 2 nitrogen and oxygen atoms in total. The van der Waals surface area contributed by atoms with Gasteiger partial charge in [-0.25, -0.2) is 9.97 Å². The molecule has 0 bridgehead atoms. The fraction of sp³-hybridized carbons (Fsp3) is 0.333. The summed E-state index contributed by atoms with van der Waals surface area (Å²) in [7, 11) is 0. The molecule has 3 aromatic rings. The molecule has 0 amide bonds. The predicted octanol–water partition coefficient (Wildman–Crippen LogP) is 5.17. The molecular weight excluding hydrogens is 276 g/mol. The van der Waals surface area contributed by atoms with Crippen LogP contribution in [0.1, 0.15) is 30.5 Å². The van der Waals surface area contributed by atoms with Crippen molar-refractivity contribution in [1.82, 2.24) is 9.97 Å². The summed E-state index contributed by atoms with van der Waals surface area (Å²) in [5.41, 5.74) is 7.27. The highest BCUT2D eigenvalue weighted by atomic mass is 32.1. The fourth-order valence-corrected chi connectivity index (χ4v) is 3.85. The molecule has 21 heavy (non-hydrogen) atoms. The lowest BCUT2D eigenvalue weighted by atomic mass is 10.0. The Hall–Kier alpha value is -1.74. The van der Waals surface area contributed by atoms with Crippen molar-refractivity contribution in [2.45, 2.75) is 34.1 Å². The van der Waals surface area contributed by atoms with Gasteiger partial charge in [0.1, 0.15) is 6.33 Å². The lowest BCUT2D eigenvalue weighted by molar-refractivity contribution is 0.650. The maximum Gasteiger partial charge on any atom is 0.116 e. The number of benzene rings is 1. The number of hydrogen-bond acceptors (Lipinski definition) is 3. The van der Waals surface area contributed by atoms with Crippen LogP contribution in [-0.4, -0.2) is 9.97 Å². The zero-order valence-electron chi connectivity index (χ0n) is 13.0. The van der Waals surface area contributed by atoms with E-state index in [-0.39, 0.29) is 0 Å². The molecule has 0 saturated carbocycles. The van der Waals surface area contributed by atoms with E-state index in [0.29, 0.717) is 5.92 Å². The molecular formula is C18H20N2S. The van der Waals surface area contributed by atoms with Crippen LogP contribution in [0.3, 0.4) is 0 Å². The molecule has 0 aliphatic heterocycles. The van der Waals surface area contributed by atoms with Crippen LogP contribution in [0.25, 0.3) is 21.5 Å². The molecule has 0 radical (unpaired) electrons. The van der Waals surface area contributed by atoms with Crippen molar-refractivity contribution in [1.29, 1.82) is 0 Å². The van der Waals surface area contributed by atoms with Gasteiger partial charge in [-0.3, -0.25) is 0 Å². The Morgan fingerprint density at radius 2 is 1.76 bits per heavy atom. The van der Waals surface area contributed by atoms with Crippen LogP contribution in [-0.2, 0) is 6.42 Å². The molecule has 2 heterocycles. The minimum Gasteiger partial charge on any atom is -0.235 e. The number of aryl methyl sites for hydroxylation is 2. The Labute approximate surface area is 129 Å². The number of nitrogens with zero attached hydrogens (tertiary/aromatic N) is 2. The van der Waals surface area contributed by atoms with E-state index >= 15 is 0 Å². The highest BCUT2D eigenvalue weighted by molar-refractivity contribution is 7.17. The summed E-state index contributed by atoms with van der Waals surface area (Å²) >= 11 is 1.76. The molecule has 0 atom stereocenters. The van der Waals surface area contributed by atoms with Crippen molar-refractivity contribution in [3.05, 3.63) is 46.6 Å². The molecule has 0 saturated heterocycles. The molecule has 0 unspecified atom stereocenters. The Kier molecular flexibility index (Phi) is 3.77. The third-order valence-electron chi connectivity index (χ3n) is 3.55. The van der Waals surface area contributed by atoms with Gasteiger partial charge in [-0.2, -0.15) is 0 Å². The number of aromatic nitrogens is 2. The zero-order chi connectivity index (χ0) is 15.0. The highest BCUT2D eigenvalue weighted by Gasteiger charge is 2.13. The summed E-state index contributed by atoms with van der Waals surface area (Å²) in [4.78, 5) is 9.08. The van der Waals surface area contributed by atoms with E-state index < -0.39 is 0 Å². The van der Waals surface area contributed by atoms with E-state index in [9.17, 15) is 0 Å². The zero-order valence-corrected chi connectivity index (χ0v) is 13.8. The summed E-state index contributed by atoms with van der Waals surface area (Å²) in [5, 5.41) is 2.24. The van der Waals surface area contributed by atoms with Gasteiger partial charge in [0.05, 0.1) is 15.9 Å². The summed E-state index contributed by atoms with van der Waals surface area (Å²) < 4.78 is 1.21. The average Bonchev–Trinajstić information content (AvgIpc) is 2.80. The van der Waals surface area contributed by atoms with Gasteiger partial charge in [0, 0.05) is 5.56 Å². The second kappa shape index (κ2) is 5.57. The van der Waals surface area contributed by atoms with Gasteiger partial charge >= 0.3 is 0 Å². The molecule has 108 valence electrons. The number of rotatable bonds is 3. The molecule has 0 N–H and O–H groups in total. The Balaban J connectivity index is 2.17. The summed E-state index contributed by atoms with van der Waals surface area (Å²) in [6, 6.07) is 6.60. The fourth-order valence-electron chi connectivity index (χ4n) is 2.80. The molecule has 2 aromatic heterocycles. The van der Waals surface area contributed by atoms with Gasteiger partial charge in [-0.1, -0.05) is 31.0 Å². The molecule has 0 aliphatic rings. The lowest BCUT2D eigenvalue weighted by Gasteiger charge is -2.06. The van der Waals surface area contributed by atoms with Gasteiger partial charge in [0.15, 0.2) is 0 Å². The second-order valence-corrected chi connectivity index (χ2v) is 7.01. The summed E-state index contributed by atoms with van der Waals surface area (Å²) in [5.74, 6) is 0.641. The minimum atomic E-state index is 0.641. The Bertz CT molecular complexity index is 767. The summed E-state index contributed by atoms with van der Waals surface area (Å²) in [6.45, 7) is 8.76. The predicted molar refractivity (Wildman–Crippen MR) is 90.9 cm³/mol. The lowest BCUT2D eigenvalue weighted by Crippen LogP contribution is -1.94. The van der Waals surface area contributed by atoms with Gasteiger partial charge < -0.3 is 0 Å². The van der Waals surface area contributed by atoms with E-state index in [1.807, 2.05) is 0 Å². The number of thiophene rings is 1.